The molecule has 0 bridgehead atoms. The van der Waals surface area contributed by atoms with Crippen LogP contribution in [0, 0.1) is 11.7 Å². The number of likely N-dealkylation sites (tertiary alicyclic amines) is 1. The van der Waals surface area contributed by atoms with Crippen LogP contribution in [0.1, 0.15) is 49.7 Å². The highest BCUT2D eigenvalue weighted by atomic mass is 19.1. The van der Waals surface area contributed by atoms with Crippen molar-refractivity contribution in [1.29, 1.82) is 0 Å². The summed E-state index contributed by atoms with van der Waals surface area (Å²) in [5.74, 6) is 0.0167. The molecule has 5 heteroatoms. The van der Waals surface area contributed by atoms with Crippen LogP contribution in [0.2, 0.25) is 0 Å². The van der Waals surface area contributed by atoms with Crippen LogP contribution in [-0.2, 0) is 22.6 Å². The van der Waals surface area contributed by atoms with Crippen molar-refractivity contribution < 1.29 is 14.0 Å². The van der Waals surface area contributed by atoms with Gasteiger partial charge in [0.25, 0.3) is 0 Å². The van der Waals surface area contributed by atoms with Gasteiger partial charge in [-0.2, -0.15) is 0 Å². The molecule has 1 saturated heterocycles. The zero-order valence-electron chi connectivity index (χ0n) is 17.4. The molecule has 0 radical (unpaired) electrons. The Balaban J connectivity index is 1.51. The Labute approximate surface area is 177 Å². The molecule has 158 valence electrons. The molecule has 2 fully saturated rings. The lowest BCUT2D eigenvalue weighted by Gasteiger charge is -2.26. The van der Waals surface area contributed by atoms with Crippen LogP contribution < -0.4 is 4.90 Å². The fourth-order valence-electron chi connectivity index (χ4n) is 4.55. The predicted octanol–water partition coefficient (Wildman–Crippen LogP) is 4.71. The number of halogens is 1. The van der Waals surface area contributed by atoms with Crippen molar-refractivity contribution in [3.05, 3.63) is 65.5 Å². The van der Waals surface area contributed by atoms with Gasteiger partial charge in [0, 0.05) is 24.7 Å². The van der Waals surface area contributed by atoms with Crippen LogP contribution in [0.15, 0.2) is 48.5 Å². The van der Waals surface area contributed by atoms with Crippen LogP contribution in [0.4, 0.5) is 10.1 Å². The van der Waals surface area contributed by atoms with E-state index in [9.17, 15) is 14.0 Å². The molecule has 1 aliphatic heterocycles. The van der Waals surface area contributed by atoms with E-state index in [2.05, 4.69) is 0 Å². The summed E-state index contributed by atoms with van der Waals surface area (Å²) in [5, 5.41) is 0. The average Bonchev–Trinajstić information content (AvgIpc) is 3.46. The van der Waals surface area contributed by atoms with Crippen molar-refractivity contribution in [1.82, 2.24) is 4.90 Å². The van der Waals surface area contributed by atoms with E-state index < -0.39 is 0 Å². The SMILES string of the molecule is O=C(Cc1ccc(N(Cc2cccc(F)c2)C(=O)C2CCCC2)cc1)N1CCCC1. The van der Waals surface area contributed by atoms with Crippen LogP contribution in [0.3, 0.4) is 0 Å². The number of amides is 2. The molecule has 2 aromatic rings. The van der Waals surface area contributed by atoms with Crippen LogP contribution >= 0.6 is 0 Å². The minimum absolute atomic E-state index is 0.0370. The lowest BCUT2D eigenvalue weighted by Crippen LogP contribution is -2.35. The molecule has 0 spiro atoms. The Kier molecular flexibility index (Phi) is 6.46. The predicted molar refractivity (Wildman–Crippen MR) is 116 cm³/mol. The van der Waals surface area contributed by atoms with Gasteiger partial charge in [0.05, 0.1) is 13.0 Å². The molecule has 1 heterocycles. The van der Waals surface area contributed by atoms with Crippen molar-refractivity contribution in [2.45, 2.75) is 51.5 Å². The number of rotatable bonds is 6. The van der Waals surface area contributed by atoms with E-state index in [0.29, 0.717) is 13.0 Å². The van der Waals surface area contributed by atoms with Gasteiger partial charge >= 0.3 is 0 Å². The monoisotopic (exact) mass is 408 g/mol. The number of carbonyl (C=O) groups excluding carboxylic acids is 2. The number of hydrogen-bond acceptors (Lipinski definition) is 2. The summed E-state index contributed by atoms with van der Waals surface area (Å²) in [5.41, 5.74) is 2.53. The quantitative estimate of drug-likeness (QED) is 0.694. The third-order valence-corrected chi connectivity index (χ3v) is 6.26. The second-order valence-corrected chi connectivity index (χ2v) is 8.47. The van der Waals surface area contributed by atoms with Gasteiger partial charge in [0.1, 0.15) is 5.82 Å². The van der Waals surface area contributed by atoms with Gasteiger partial charge in [-0.25, -0.2) is 4.39 Å². The van der Waals surface area contributed by atoms with Crippen molar-refractivity contribution in [2.24, 2.45) is 5.92 Å². The van der Waals surface area contributed by atoms with E-state index >= 15 is 0 Å². The van der Waals surface area contributed by atoms with Gasteiger partial charge in [0.15, 0.2) is 0 Å². The van der Waals surface area contributed by atoms with Gasteiger partial charge in [-0.15, -0.1) is 0 Å². The molecular weight excluding hydrogens is 379 g/mol. The first kappa shape index (κ1) is 20.6. The van der Waals surface area contributed by atoms with E-state index in [1.165, 1.54) is 12.1 Å². The van der Waals surface area contributed by atoms with Crippen molar-refractivity contribution >= 4 is 17.5 Å². The molecular formula is C25H29FN2O2. The van der Waals surface area contributed by atoms with Crippen molar-refractivity contribution in [3.8, 4) is 0 Å². The molecule has 4 nitrogen and oxygen atoms in total. The number of carbonyl (C=O) groups is 2. The van der Waals surface area contributed by atoms with E-state index in [4.69, 9.17) is 0 Å². The molecule has 0 atom stereocenters. The highest BCUT2D eigenvalue weighted by Crippen LogP contribution is 2.30. The second-order valence-electron chi connectivity index (χ2n) is 8.47. The van der Waals surface area contributed by atoms with Crippen LogP contribution in [-0.4, -0.2) is 29.8 Å². The van der Waals surface area contributed by atoms with E-state index in [0.717, 1.165) is 68.4 Å². The Bertz CT molecular complexity index is 884. The molecule has 0 unspecified atom stereocenters. The lowest BCUT2D eigenvalue weighted by atomic mass is 10.0. The third-order valence-electron chi connectivity index (χ3n) is 6.26. The summed E-state index contributed by atoms with van der Waals surface area (Å²) >= 11 is 0. The van der Waals surface area contributed by atoms with Crippen LogP contribution in [0.25, 0.3) is 0 Å². The second kappa shape index (κ2) is 9.41. The minimum atomic E-state index is -0.295. The first-order valence-corrected chi connectivity index (χ1v) is 11.0. The van der Waals surface area contributed by atoms with Crippen molar-refractivity contribution in [2.75, 3.05) is 18.0 Å². The fourth-order valence-corrected chi connectivity index (χ4v) is 4.55. The van der Waals surface area contributed by atoms with Gasteiger partial charge in [-0.3, -0.25) is 9.59 Å². The summed E-state index contributed by atoms with van der Waals surface area (Å²) in [6, 6.07) is 14.1. The molecule has 2 aliphatic rings. The number of anilines is 1. The Hall–Kier alpha value is -2.69. The maximum Gasteiger partial charge on any atom is 0.230 e. The fraction of sp³-hybridized carbons (Fsp3) is 0.440. The maximum absolute atomic E-state index is 13.7. The lowest BCUT2D eigenvalue weighted by molar-refractivity contribution is -0.129. The number of benzene rings is 2. The molecule has 2 amide bonds. The Morgan fingerprint density at radius 3 is 2.30 bits per heavy atom. The van der Waals surface area contributed by atoms with Gasteiger partial charge < -0.3 is 9.80 Å². The summed E-state index contributed by atoms with van der Waals surface area (Å²) in [4.78, 5) is 29.4. The smallest absolute Gasteiger partial charge is 0.230 e. The molecule has 1 saturated carbocycles. The van der Waals surface area contributed by atoms with Crippen molar-refractivity contribution in [3.63, 3.8) is 0 Å². The van der Waals surface area contributed by atoms with E-state index in [1.807, 2.05) is 35.2 Å². The van der Waals surface area contributed by atoms with Gasteiger partial charge in [-0.1, -0.05) is 37.1 Å². The summed E-state index contributed by atoms with van der Waals surface area (Å²) in [7, 11) is 0. The number of hydrogen-bond donors (Lipinski definition) is 0. The standard InChI is InChI=1S/C25H29FN2O2/c26-22-9-5-6-20(16-22)18-28(25(30)21-7-1-2-8-21)23-12-10-19(11-13-23)17-24(29)27-14-3-4-15-27/h5-6,9-13,16,21H,1-4,7-8,14-15,17-18H2. The molecule has 0 aromatic heterocycles. The Morgan fingerprint density at radius 2 is 1.63 bits per heavy atom. The maximum atomic E-state index is 13.7. The van der Waals surface area contributed by atoms with Gasteiger partial charge in [0.2, 0.25) is 11.8 Å². The number of nitrogens with zero attached hydrogens (tertiary/aromatic N) is 2. The molecule has 4 rings (SSSR count). The molecule has 1 aliphatic carbocycles. The summed E-state index contributed by atoms with van der Waals surface area (Å²) in [6.45, 7) is 2.06. The Morgan fingerprint density at radius 1 is 0.933 bits per heavy atom. The first-order valence-electron chi connectivity index (χ1n) is 11.0. The summed E-state index contributed by atoms with van der Waals surface area (Å²) in [6.07, 6.45) is 6.57. The molecule has 0 N–H and O–H groups in total. The largest absolute Gasteiger partial charge is 0.342 e. The first-order chi connectivity index (χ1) is 14.6. The molecule has 30 heavy (non-hydrogen) atoms. The highest BCUT2D eigenvalue weighted by Gasteiger charge is 2.28. The normalized spacial score (nSPS) is 16.8. The average molecular weight is 409 g/mol. The summed E-state index contributed by atoms with van der Waals surface area (Å²) < 4.78 is 13.7. The van der Waals surface area contributed by atoms with Crippen LogP contribution in [0.5, 0.6) is 0 Å². The minimum Gasteiger partial charge on any atom is -0.342 e. The highest BCUT2D eigenvalue weighted by molar-refractivity contribution is 5.95. The van der Waals surface area contributed by atoms with E-state index in [1.54, 1.807) is 11.0 Å². The zero-order valence-corrected chi connectivity index (χ0v) is 17.4. The van der Waals surface area contributed by atoms with E-state index in [-0.39, 0.29) is 23.5 Å². The van der Waals surface area contributed by atoms with Gasteiger partial charge in [-0.05, 0) is 61.1 Å². The third kappa shape index (κ3) is 4.89. The zero-order chi connectivity index (χ0) is 20.9. The topological polar surface area (TPSA) is 40.6 Å². The molecule has 2 aromatic carbocycles.